The first-order valence-corrected chi connectivity index (χ1v) is 18.3. The number of ketones is 4. The van der Waals surface area contributed by atoms with Crippen molar-refractivity contribution in [2.45, 2.75) is 27.7 Å². The standard InChI is InChI=1S/4C10H10O2.2C5H5N.2Cu/c4*1-8(11)7-10(12)9-5-3-2-4-6-9;2*1-2-4-6-5-3-1;;/h3*2-7,12H,1H3;2-7,11H,1H3;2*1-5H;;/q;;;;;;2*+2/p-4/b3*10-7-;8-7-;;;;. The van der Waals surface area contributed by atoms with E-state index in [1.165, 1.54) is 27.7 Å². The van der Waals surface area contributed by atoms with E-state index in [2.05, 4.69) is 9.97 Å². The van der Waals surface area contributed by atoms with Gasteiger partial charge in [-0.25, -0.2) is 0 Å². The molecule has 2 aromatic heterocycles. The van der Waals surface area contributed by atoms with E-state index in [1.54, 1.807) is 122 Å². The molecular weight excluding hydrogens is 884 g/mol. The van der Waals surface area contributed by atoms with Crippen LogP contribution < -0.4 is 20.4 Å². The van der Waals surface area contributed by atoms with Crippen LogP contribution >= 0.6 is 0 Å². The summed E-state index contributed by atoms with van der Waals surface area (Å²) in [7, 11) is 0. The van der Waals surface area contributed by atoms with Crippen LogP contribution in [-0.2, 0) is 48.5 Å². The Balaban J connectivity index is 0. The maximum atomic E-state index is 11.2. The summed E-state index contributed by atoms with van der Waals surface area (Å²) >= 11 is 0. The summed E-state index contributed by atoms with van der Waals surface area (Å²) in [6.07, 6.45) is 11.4. The predicted molar refractivity (Wildman–Crippen MR) is 228 cm³/mol. The third-order valence-corrected chi connectivity index (χ3v) is 6.70. The minimum atomic E-state index is -0.233. The second-order valence-electron chi connectivity index (χ2n) is 12.0. The average molecular weight is 930 g/mol. The third kappa shape index (κ3) is 30.2. The zero-order valence-electron chi connectivity index (χ0n) is 34.4. The van der Waals surface area contributed by atoms with E-state index in [0.717, 1.165) is 24.3 Å². The van der Waals surface area contributed by atoms with Crippen LogP contribution in [0.15, 0.2) is 213 Å². The minimum absolute atomic E-state index is 0. The summed E-state index contributed by atoms with van der Waals surface area (Å²) in [5.41, 5.74) is 2.20. The minimum Gasteiger partial charge on any atom is -0.876 e. The van der Waals surface area contributed by atoms with Gasteiger partial charge in [-0.1, -0.05) is 158 Å². The second-order valence-corrected chi connectivity index (χ2v) is 12.0. The molecule has 0 unspecified atom stereocenters. The van der Waals surface area contributed by atoms with Crippen molar-refractivity contribution in [1.82, 2.24) is 9.97 Å². The van der Waals surface area contributed by atoms with E-state index >= 15 is 0 Å². The van der Waals surface area contributed by atoms with Crippen LogP contribution in [0.25, 0.3) is 17.3 Å². The number of nitrogens with zero attached hydrogens (tertiary/aromatic N) is 2. The van der Waals surface area contributed by atoms with Gasteiger partial charge in [0.15, 0.2) is 23.1 Å². The molecule has 0 N–H and O–H groups in total. The number of hydrogen-bond acceptors (Lipinski definition) is 10. The maximum absolute atomic E-state index is 11.2. The Morgan fingerprint density at radius 3 is 0.758 bits per heavy atom. The molecule has 6 rings (SSSR count). The van der Waals surface area contributed by atoms with Crippen molar-refractivity contribution in [3.05, 3.63) is 235 Å². The summed E-state index contributed by atoms with van der Waals surface area (Å²) < 4.78 is 0. The van der Waals surface area contributed by atoms with Gasteiger partial charge >= 0.3 is 34.1 Å². The molecule has 12 heteroatoms. The summed E-state index contributed by atoms with van der Waals surface area (Å²) in [5, 5.41) is 44.1. The number of rotatable bonds is 8. The van der Waals surface area contributed by atoms with Crippen molar-refractivity contribution >= 4 is 40.4 Å². The van der Waals surface area contributed by atoms with Crippen molar-refractivity contribution in [3.63, 3.8) is 0 Å². The Kier molecular flexibility index (Phi) is 33.1. The van der Waals surface area contributed by atoms with Crippen molar-refractivity contribution in [2.24, 2.45) is 0 Å². The molecule has 0 aliphatic heterocycles. The first-order chi connectivity index (χ1) is 28.8. The molecule has 0 fully saturated rings. The molecule has 10 nitrogen and oxygen atoms in total. The van der Waals surface area contributed by atoms with Crippen LogP contribution in [-0.4, -0.2) is 33.1 Å². The van der Waals surface area contributed by atoms with E-state index in [0.29, 0.717) is 22.3 Å². The van der Waals surface area contributed by atoms with E-state index in [-0.39, 0.29) is 80.3 Å². The summed E-state index contributed by atoms with van der Waals surface area (Å²) in [6.45, 7) is 5.45. The molecule has 326 valence electrons. The van der Waals surface area contributed by atoms with Gasteiger partial charge in [0.05, 0.1) is 0 Å². The van der Waals surface area contributed by atoms with Gasteiger partial charge in [-0.2, -0.15) is 0 Å². The predicted octanol–water partition coefficient (Wildman–Crippen LogP) is 6.22. The van der Waals surface area contributed by atoms with Crippen molar-refractivity contribution in [1.29, 1.82) is 0 Å². The Labute approximate surface area is 384 Å². The number of benzene rings is 4. The number of carbonyl (C=O) groups is 4. The van der Waals surface area contributed by atoms with Gasteiger partial charge in [0.2, 0.25) is 0 Å². The Morgan fingerprint density at radius 1 is 0.355 bits per heavy atom. The van der Waals surface area contributed by atoms with Gasteiger partial charge in [-0.05, 0) is 86.0 Å². The van der Waals surface area contributed by atoms with Crippen LogP contribution in [0.4, 0.5) is 0 Å². The fourth-order valence-electron chi connectivity index (χ4n) is 4.11. The maximum Gasteiger partial charge on any atom is 2.00 e. The van der Waals surface area contributed by atoms with Crippen LogP contribution in [0.2, 0.25) is 0 Å². The van der Waals surface area contributed by atoms with Gasteiger partial charge in [-0.3, -0.25) is 29.1 Å². The first kappa shape index (κ1) is 57.2. The van der Waals surface area contributed by atoms with E-state index in [1.807, 2.05) is 60.7 Å². The molecular formula is C50H46Cu2N2O8. The molecule has 4 aromatic carbocycles. The molecule has 2 radical (unpaired) electrons. The molecule has 2 heterocycles. The van der Waals surface area contributed by atoms with Crippen LogP contribution in [0, 0.1) is 0 Å². The second kappa shape index (κ2) is 36.0. The fraction of sp³-hybridized carbons (Fsp3) is 0.0800. The smallest absolute Gasteiger partial charge is 0.876 e. The third-order valence-electron chi connectivity index (χ3n) is 6.70. The number of pyridine rings is 2. The topological polar surface area (TPSA) is 186 Å². The van der Waals surface area contributed by atoms with Crippen molar-refractivity contribution < 1.29 is 73.7 Å². The Morgan fingerprint density at radius 2 is 0.581 bits per heavy atom. The van der Waals surface area contributed by atoms with E-state index in [9.17, 15) is 39.6 Å². The van der Waals surface area contributed by atoms with E-state index < -0.39 is 0 Å². The fourth-order valence-corrected chi connectivity index (χ4v) is 4.11. The Hall–Kier alpha value is -6.94. The van der Waals surface area contributed by atoms with Crippen LogP contribution in [0.5, 0.6) is 0 Å². The number of hydrogen-bond donors (Lipinski definition) is 0. The normalized spacial score (nSPS) is 10.3. The number of allylic oxidation sites excluding steroid dienone is 5. The monoisotopic (exact) mass is 928 g/mol. The van der Waals surface area contributed by atoms with Crippen molar-refractivity contribution in [3.8, 4) is 0 Å². The molecule has 62 heavy (non-hydrogen) atoms. The summed E-state index contributed by atoms with van der Waals surface area (Å²) in [6, 6.07) is 46.3. The number of carbonyl (C=O) groups excluding carboxylic acids is 4. The molecule has 0 atom stereocenters. The number of aromatic nitrogens is 2. The quantitative estimate of drug-likeness (QED) is 0.0734. The zero-order chi connectivity index (χ0) is 44.4. The van der Waals surface area contributed by atoms with Gasteiger partial charge in [-0.15, -0.1) is 5.76 Å². The van der Waals surface area contributed by atoms with Crippen molar-refractivity contribution in [2.75, 3.05) is 0 Å². The van der Waals surface area contributed by atoms with Crippen LogP contribution in [0.3, 0.4) is 0 Å². The Bertz CT molecular complexity index is 1990. The molecule has 0 aliphatic carbocycles. The largest absolute Gasteiger partial charge is 2.00 e. The molecule has 0 amide bonds. The molecule has 0 bridgehead atoms. The zero-order valence-corrected chi connectivity index (χ0v) is 36.3. The molecule has 0 saturated carbocycles. The summed E-state index contributed by atoms with van der Waals surface area (Å²) in [4.78, 5) is 50.4. The SMILES string of the molecule is C/C([O-])=C/C(=O)c1ccccc1.CC(=O)/C=C(\[O-])c1ccccc1.CC(=O)/C=C(\[O-])c1ccccc1.CC(=O)/C=C(\[O-])c1ccccc1.[Cu+2].[Cu+2].c1ccncc1.c1ccncc1. The molecule has 0 aliphatic rings. The van der Waals surface area contributed by atoms with Gasteiger partial charge in [0, 0.05) is 30.4 Å². The average Bonchev–Trinajstić information content (AvgIpc) is 3.26. The van der Waals surface area contributed by atoms with Gasteiger partial charge in [0.1, 0.15) is 0 Å². The molecule has 0 spiro atoms. The molecule has 6 aromatic rings. The van der Waals surface area contributed by atoms with Gasteiger partial charge < -0.3 is 20.4 Å². The molecule has 0 saturated heterocycles. The first-order valence-electron chi connectivity index (χ1n) is 18.3. The van der Waals surface area contributed by atoms with E-state index in [4.69, 9.17) is 0 Å². The van der Waals surface area contributed by atoms with Gasteiger partial charge in [0.25, 0.3) is 0 Å². The summed E-state index contributed by atoms with van der Waals surface area (Å²) in [5.74, 6) is -1.81. The van der Waals surface area contributed by atoms with Crippen LogP contribution in [0.1, 0.15) is 54.7 Å².